The molecule has 0 atom stereocenters. The highest BCUT2D eigenvalue weighted by molar-refractivity contribution is 6.02. The summed E-state index contributed by atoms with van der Waals surface area (Å²) in [6.45, 7) is 15.1. The van der Waals surface area contributed by atoms with E-state index in [1.807, 2.05) is 0 Å². The third-order valence-electron chi connectivity index (χ3n) is 11.9. The molecule has 252 valence electrons. The van der Waals surface area contributed by atoms with E-state index in [1.54, 1.807) is 0 Å². The molecule has 0 radical (unpaired) electrons. The van der Waals surface area contributed by atoms with Crippen molar-refractivity contribution in [2.45, 2.75) is 64.3 Å². The monoisotopic (exact) mass is 662 g/mol. The van der Waals surface area contributed by atoms with Gasteiger partial charge < -0.3 is 9.80 Å². The van der Waals surface area contributed by atoms with Crippen LogP contribution in [-0.4, -0.2) is 12.1 Å². The fraction of sp³-hybridized carbons (Fsp3) is 0.224. The highest BCUT2D eigenvalue weighted by Gasteiger charge is 2.38. The largest absolute Gasteiger partial charge is 0.341 e. The first-order valence-electron chi connectivity index (χ1n) is 18.5. The molecule has 0 saturated heterocycles. The number of para-hydroxylation sites is 2. The standard InChI is InChI=1S/C49H46N2/c1-47(2)29-30-50(46-18-12-10-16-41(46)47)45-26-22-34(37-14-8-9-15-40(37)45)21-19-33-20-24-38-39-25-23-36(32-43(39)49(5,6)42(38)31-33)51-44-17-11-7-13-35(44)27-28-48(51,3)4/h7-28,31-32H,29-30H2,1-6H3. The number of fused-ring (bicyclic) bond motifs is 6. The van der Waals surface area contributed by atoms with Crippen molar-refractivity contribution in [1.29, 1.82) is 0 Å². The Bertz CT molecular complexity index is 2420. The lowest BCUT2D eigenvalue weighted by molar-refractivity contribution is 0.467. The minimum absolute atomic E-state index is 0.118. The highest BCUT2D eigenvalue weighted by Crippen LogP contribution is 2.52. The molecule has 0 amide bonds. The summed E-state index contributed by atoms with van der Waals surface area (Å²) in [5.41, 5.74) is 15.7. The van der Waals surface area contributed by atoms with Crippen LogP contribution < -0.4 is 9.80 Å². The molecule has 2 aliphatic heterocycles. The molecule has 0 fully saturated rings. The van der Waals surface area contributed by atoms with Gasteiger partial charge in [0.25, 0.3) is 0 Å². The first kappa shape index (κ1) is 31.6. The zero-order valence-electron chi connectivity index (χ0n) is 30.7. The summed E-state index contributed by atoms with van der Waals surface area (Å²) in [6, 6.07) is 45.4. The predicted octanol–water partition coefficient (Wildman–Crippen LogP) is 13.1. The minimum Gasteiger partial charge on any atom is -0.341 e. The van der Waals surface area contributed by atoms with E-state index in [9.17, 15) is 0 Å². The zero-order valence-corrected chi connectivity index (χ0v) is 30.7. The lowest BCUT2D eigenvalue weighted by Crippen LogP contribution is -2.40. The molecule has 3 aliphatic rings. The maximum Gasteiger partial charge on any atom is 0.0580 e. The van der Waals surface area contributed by atoms with Gasteiger partial charge in [0.05, 0.1) is 5.54 Å². The van der Waals surface area contributed by atoms with Gasteiger partial charge in [-0.05, 0) is 106 Å². The minimum atomic E-state index is -0.131. The first-order valence-corrected chi connectivity index (χ1v) is 18.5. The van der Waals surface area contributed by atoms with Crippen LogP contribution in [0.4, 0.5) is 22.7 Å². The van der Waals surface area contributed by atoms with Gasteiger partial charge in [-0.1, -0.05) is 143 Å². The van der Waals surface area contributed by atoms with E-state index in [0.717, 1.165) is 13.0 Å². The average Bonchev–Trinajstić information content (AvgIpc) is 3.35. The van der Waals surface area contributed by atoms with Gasteiger partial charge in [-0.2, -0.15) is 0 Å². The molecule has 0 bridgehead atoms. The molecule has 0 aromatic heterocycles. The van der Waals surface area contributed by atoms with E-state index >= 15 is 0 Å². The van der Waals surface area contributed by atoms with Gasteiger partial charge in [0.15, 0.2) is 0 Å². The highest BCUT2D eigenvalue weighted by atomic mass is 15.2. The number of benzene rings is 6. The maximum atomic E-state index is 2.53. The Morgan fingerprint density at radius 3 is 2.08 bits per heavy atom. The SMILES string of the molecule is CC1(C)CCN(c2ccc(C=Cc3ccc4c(c3)C(C)(C)c3cc(N5c6ccccc6C=CC5(C)C)ccc3-4)c3ccccc23)c2ccccc21. The summed E-state index contributed by atoms with van der Waals surface area (Å²) < 4.78 is 0. The molecule has 51 heavy (non-hydrogen) atoms. The maximum absolute atomic E-state index is 2.53. The van der Waals surface area contributed by atoms with Crippen molar-refractivity contribution in [1.82, 2.24) is 0 Å². The van der Waals surface area contributed by atoms with E-state index in [-0.39, 0.29) is 16.4 Å². The molecular formula is C49H46N2. The normalized spacial score (nSPS) is 17.7. The molecule has 2 heteroatoms. The molecular weight excluding hydrogens is 617 g/mol. The molecule has 9 rings (SSSR count). The van der Waals surface area contributed by atoms with Crippen molar-refractivity contribution in [3.8, 4) is 11.1 Å². The molecule has 1 aliphatic carbocycles. The van der Waals surface area contributed by atoms with E-state index in [1.165, 1.54) is 78.0 Å². The van der Waals surface area contributed by atoms with Crippen LogP contribution in [-0.2, 0) is 10.8 Å². The summed E-state index contributed by atoms with van der Waals surface area (Å²) in [5.74, 6) is 0. The van der Waals surface area contributed by atoms with Gasteiger partial charge in [-0.15, -0.1) is 0 Å². The smallest absolute Gasteiger partial charge is 0.0580 e. The molecule has 2 heterocycles. The Labute approximate surface area is 303 Å². The van der Waals surface area contributed by atoms with Crippen LogP contribution in [0.3, 0.4) is 0 Å². The fourth-order valence-electron chi connectivity index (χ4n) is 9.02. The van der Waals surface area contributed by atoms with Crippen LogP contribution in [0.5, 0.6) is 0 Å². The van der Waals surface area contributed by atoms with Crippen molar-refractivity contribution >= 4 is 51.8 Å². The van der Waals surface area contributed by atoms with Gasteiger partial charge in [0.2, 0.25) is 0 Å². The lowest BCUT2D eigenvalue weighted by Gasteiger charge is -2.42. The Kier molecular flexibility index (Phi) is 7.03. The summed E-state index contributed by atoms with van der Waals surface area (Å²) in [5, 5.41) is 2.58. The summed E-state index contributed by atoms with van der Waals surface area (Å²) >= 11 is 0. The van der Waals surface area contributed by atoms with E-state index in [0.29, 0.717) is 0 Å². The first-order chi connectivity index (χ1) is 24.5. The van der Waals surface area contributed by atoms with Gasteiger partial charge in [-0.3, -0.25) is 0 Å². The van der Waals surface area contributed by atoms with E-state index in [2.05, 4.69) is 197 Å². The van der Waals surface area contributed by atoms with Gasteiger partial charge >= 0.3 is 0 Å². The van der Waals surface area contributed by atoms with Crippen LogP contribution in [0, 0.1) is 0 Å². The molecule has 6 aromatic rings. The number of anilines is 4. The van der Waals surface area contributed by atoms with Gasteiger partial charge in [0.1, 0.15) is 0 Å². The Balaban J connectivity index is 1.05. The molecule has 0 unspecified atom stereocenters. The summed E-state index contributed by atoms with van der Waals surface area (Å²) in [7, 11) is 0. The number of hydrogen-bond donors (Lipinski definition) is 0. The molecule has 2 nitrogen and oxygen atoms in total. The molecule has 0 N–H and O–H groups in total. The van der Waals surface area contributed by atoms with Crippen LogP contribution in [0.15, 0.2) is 127 Å². The van der Waals surface area contributed by atoms with E-state index in [4.69, 9.17) is 0 Å². The number of hydrogen-bond acceptors (Lipinski definition) is 2. The fourth-order valence-corrected chi connectivity index (χ4v) is 9.02. The summed E-state index contributed by atoms with van der Waals surface area (Å²) in [6.07, 6.45) is 10.3. The number of nitrogens with zero attached hydrogens (tertiary/aromatic N) is 2. The third-order valence-corrected chi connectivity index (χ3v) is 11.9. The Morgan fingerprint density at radius 2 is 1.25 bits per heavy atom. The Hall–Kier alpha value is -5.34. The van der Waals surface area contributed by atoms with E-state index < -0.39 is 0 Å². The second kappa shape index (κ2) is 11.3. The topological polar surface area (TPSA) is 6.48 Å². The van der Waals surface area contributed by atoms with Gasteiger partial charge in [0, 0.05) is 40.1 Å². The zero-order chi connectivity index (χ0) is 35.1. The van der Waals surface area contributed by atoms with Crippen LogP contribution in [0.2, 0.25) is 0 Å². The van der Waals surface area contributed by atoms with Crippen molar-refractivity contribution in [3.05, 3.63) is 161 Å². The molecule has 0 spiro atoms. The lowest BCUT2D eigenvalue weighted by atomic mass is 9.77. The van der Waals surface area contributed by atoms with Crippen molar-refractivity contribution in [3.63, 3.8) is 0 Å². The second-order valence-electron chi connectivity index (χ2n) is 16.4. The Morgan fingerprint density at radius 1 is 0.569 bits per heavy atom. The van der Waals surface area contributed by atoms with Crippen molar-refractivity contribution in [2.75, 3.05) is 16.3 Å². The predicted molar refractivity (Wildman–Crippen MR) is 220 cm³/mol. The average molecular weight is 663 g/mol. The molecule has 6 aromatic carbocycles. The second-order valence-corrected chi connectivity index (χ2v) is 16.4. The van der Waals surface area contributed by atoms with Crippen LogP contribution in [0.1, 0.15) is 81.3 Å². The third kappa shape index (κ3) is 4.99. The van der Waals surface area contributed by atoms with Crippen LogP contribution >= 0.6 is 0 Å². The van der Waals surface area contributed by atoms with Crippen LogP contribution in [0.25, 0.3) is 40.1 Å². The number of rotatable bonds is 4. The van der Waals surface area contributed by atoms with Crippen molar-refractivity contribution < 1.29 is 0 Å². The quantitative estimate of drug-likeness (QED) is 0.173. The molecule has 0 saturated carbocycles. The van der Waals surface area contributed by atoms with Gasteiger partial charge in [-0.25, -0.2) is 0 Å². The van der Waals surface area contributed by atoms with Crippen molar-refractivity contribution in [2.24, 2.45) is 0 Å². The summed E-state index contributed by atoms with van der Waals surface area (Å²) in [4.78, 5) is 5.03.